The SMILES string of the molecule is CC1=C[C@]2(CCCC[NH+]3[C@H]2CC[C@H]3C(=O)O)OC1=O.[Br-]. The Balaban J connectivity index is 0.00000147. The third-order valence-corrected chi connectivity index (χ3v) is 4.88. The molecule has 0 aromatic heterocycles. The molecule has 0 aromatic rings. The number of ether oxygens (including phenoxy) is 1. The van der Waals surface area contributed by atoms with Gasteiger partial charge in [0.2, 0.25) is 0 Å². The van der Waals surface area contributed by atoms with Crippen LogP contribution in [-0.2, 0) is 14.3 Å². The topological polar surface area (TPSA) is 68.0 Å². The molecule has 1 unspecified atom stereocenters. The van der Waals surface area contributed by atoms with E-state index in [-0.39, 0.29) is 35.0 Å². The number of fused-ring (bicyclic) bond motifs is 2. The van der Waals surface area contributed by atoms with Gasteiger partial charge in [0.1, 0.15) is 6.04 Å². The van der Waals surface area contributed by atoms with Gasteiger partial charge in [0.05, 0.1) is 6.54 Å². The summed E-state index contributed by atoms with van der Waals surface area (Å²) >= 11 is 0. The Morgan fingerprint density at radius 2 is 2.20 bits per heavy atom. The zero-order valence-electron chi connectivity index (χ0n) is 11.5. The fourth-order valence-electron chi connectivity index (χ4n) is 4.04. The minimum absolute atomic E-state index is 0. The molecule has 0 aliphatic carbocycles. The predicted octanol–water partition coefficient (Wildman–Crippen LogP) is -3.08. The Morgan fingerprint density at radius 3 is 2.80 bits per heavy atom. The minimum atomic E-state index is -0.723. The standard InChI is InChI=1S/C14H19NO4.BrH/c1-9-8-14(19-13(9)18)6-2-3-7-15-10(12(16)17)4-5-11(14)15;/h8,10-11H,2-7H2,1H3,(H,16,17);1H/t10-,11-,14-;/m0./s1. The number of carbonyl (C=O) groups is 2. The zero-order valence-corrected chi connectivity index (χ0v) is 13.1. The molecule has 3 aliphatic heterocycles. The van der Waals surface area contributed by atoms with Crippen molar-refractivity contribution in [3.63, 3.8) is 0 Å². The summed E-state index contributed by atoms with van der Waals surface area (Å²) in [4.78, 5) is 24.2. The lowest BCUT2D eigenvalue weighted by Crippen LogP contribution is -3.19. The molecule has 3 aliphatic rings. The molecule has 4 atom stereocenters. The molecule has 0 saturated carbocycles. The lowest BCUT2D eigenvalue weighted by Gasteiger charge is -2.34. The smallest absolute Gasteiger partial charge is 0.362 e. The molecule has 2 saturated heterocycles. The normalized spacial score (nSPS) is 39.5. The van der Waals surface area contributed by atoms with Gasteiger partial charge in [-0.15, -0.1) is 0 Å². The number of carboxylic acid groups (broad SMARTS) is 1. The summed E-state index contributed by atoms with van der Waals surface area (Å²) in [5.41, 5.74) is 0.122. The molecule has 2 fully saturated rings. The second kappa shape index (κ2) is 5.48. The van der Waals surface area contributed by atoms with Crippen LogP contribution in [0.5, 0.6) is 0 Å². The Bertz CT molecular complexity index is 464. The van der Waals surface area contributed by atoms with Crippen molar-refractivity contribution >= 4 is 11.9 Å². The highest BCUT2D eigenvalue weighted by molar-refractivity contribution is 5.91. The molecule has 0 amide bonds. The first-order valence-electron chi connectivity index (χ1n) is 7.05. The Morgan fingerprint density at radius 1 is 1.45 bits per heavy atom. The average Bonchev–Trinajstić information content (AvgIpc) is 2.84. The van der Waals surface area contributed by atoms with E-state index < -0.39 is 11.6 Å². The van der Waals surface area contributed by atoms with E-state index >= 15 is 0 Å². The van der Waals surface area contributed by atoms with Gasteiger partial charge < -0.3 is 31.7 Å². The number of esters is 1. The second-order valence-electron chi connectivity index (χ2n) is 5.97. The highest BCUT2D eigenvalue weighted by Crippen LogP contribution is 2.36. The monoisotopic (exact) mass is 345 g/mol. The molecule has 112 valence electrons. The van der Waals surface area contributed by atoms with Gasteiger partial charge in [0.25, 0.3) is 0 Å². The molecule has 5 nitrogen and oxygen atoms in total. The minimum Gasteiger partial charge on any atom is -1.00 e. The fourth-order valence-corrected chi connectivity index (χ4v) is 4.04. The molecule has 20 heavy (non-hydrogen) atoms. The first kappa shape index (κ1) is 15.5. The second-order valence-corrected chi connectivity index (χ2v) is 5.97. The first-order valence-corrected chi connectivity index (χ1v) is 7.05. The summed E-state index contributed by atoms with van der Waals surface area (Å²) in [5.74, 6) is -0.959. The molecular formula is C14H20BrNO4. The van der Waals surface area contributed by atoms with Gasteiger partial charge in [0.15, 0.2) is 11.6 Å². The maximum absolute atomic E-state index is 11.7. The number of hydrogen-bond donors (Lipinski definition) is 2. The van der Waals surface area contributed by atoms with Crippen LogP contribution in [0, 0.1) is 0 Å². The third kappa shape index (κ3) is 2.29. The number of nitrogens with one attached hydrogen (secondary N) is 1. The third-order valence-electron chi connectivity index (χ3n) is 4.88. The molecular weight excluding hydrogens is 326 g/mol. The van der Waals surface area contributed by atoms with Gasteiger partial charge in [-0.05, 0) is 32.3 Å². The van der Waals surface area contributed by atoms with E-state index in [1.165, 1.54) is 0 Å². The Hall–Kier alpha value is -0.880. The lowest BCUT2D eigenvalue weighted by molar-refractivity contribution is -0.932. The average molecular weight is 346 g/mol. The van der Waals surface area contributed by atoms with E-state index in [1.807, 2.05) is 6.08 Å². The molecule has 2 N–H and O–H groups in total. The maximum atomic E-state index is 11.7. The maximum Gasteiger partial charge on any atom is 0.362 e. The highest BCUT2D eigenvalue weighted by atomic mass is 79.9. The number of carboxylic acids is 1. The van der Waals surface area contributed by atoms with Crippen LogP contribution in [0.2, 0.25) is 0 Å². The van der Waals surface area contributed by atoms with Crippen LogP contribution in [0.1, 0.15) is 39.0 Å². The van der Waals surface area contributed by atoms with Crippen molar-refractivity contribution in [3.8, 4) is 0 Å². The van der Waals surface area contributed by atoms with Crippen molar-refractivity contribution < 1.29 is 41.3 Å². The molecule has 0 aromatic carbocycles. The van der Waals surface area contributed by atoms with Crippen LogP contribution in [0.3, 0.4) is 0 Å². The number of hydrogen-bond acceptors (Lipinski definition) is 3. The summed E-state index contributed by atoms with van der Waals surface area (Å²) in [6, 6.07) is -0.231. The van der Waals surface area contributed by atoms with Crippen LogP contribution < -0.4 is 21.9 Å². The first-order chi connectivity index (χ1) is 9.03. The fraction of sp³-hybridized carbons (Fsp3) is 0.714. The molecule has 0 bridgehead atoms. The number of aliphatic carboxylic acids is 1. The van der Waals surface area contributed by atoms with E-state index in [4.69, 9.17) is 4.74 Å². The van der Waals surface area contributed by atoms with Gasteiger partial charge in [-0.1, -0.05) is 0 Å². The van der Waals surface area contributed by atoms with E-state index in [2.05, 4.69) is 0 Å². The predicted molar refractivity (Wildman–Crippen MR) is 66.7 cm³/mol. The van der Waals surface area contributed by atoms with Gasteiger partial charge in [0, 0.05) is 18.4 Å². The van der Waals surface area contributed by atoms with Crippen LogP contribution in [0.4, 0.5) is 0 Å². The van der Waals surface area contributed by atoms with Crippen molar-refractivity contribution in [1.82, 2.24) is 0 Å². The van der Waals surface area contributed by atoms with E-state index in [0.717, 1.165) is 37.1 Å². The Labute approximate surface area is 128 Å². The van der Waals surface area contributed by atoms with Crippen molar-refractivity contribution in [3.05, 3.63) is 11.6 Å². The van der Waals surface area contributed by atoms with Crippen LogP contribution in [-0.4, -0.2) is 41.3 Å². The summed E-state index contributed by atoms with van der Waals surface area (Å²) in [6.45, 7) is 2.65. The Kier molecular flexibility index (Phi) is 4.25. The summed E-state index contributed by atoms with van der Waals surface area (Å²) in [6.07, 6.45) is 6.28. The number of rotatable bonds is 1. The van der Waals surface area contributed by atoms with Gasteiger partial charge in [-0.25, -0.2) is 9.59 Å². The molecule has 3 heterocycles. The van der Waals surface area contributed by atoms with Gasteiger partial charge in [-0.3, -0.25) is 0 Å². The quantitative estimate of drug-likeness (QED) is 0.494. The zero-order chi connectivity index (χ0) is 13.6. The van der Waals surface area contributed by atoms with Crippen LogP contribution in [0.25, 0.3) is 0 Å². The largest absolute Gasteiger partial charge is 1.00 e. The molecule has 6 heteroatoms. The molecule has 1 spiro atoms. The van der Waals surface area contributed by atoms with Crippen molar-refractivity contribution in [2.45, 2.75) is 56.7 Å². The van der Waals surface area contributed by atoms with E-state index in [9.17, 15) is 14.7 Å². The van der Waals surface area contributed by atoms with Crippen molar-refractivity contribution in [1.29, 1.82) is 0 Å². The van der Waals surface area contributed by atoms with Crippen LogP contribution in [0.15, 0.2) is 11.6 Å². The molecule has 3 rings (SSSR count). The van der Waals surface area contributed by atoms with Crippen molar-refractivity contribution in [2.75, 3.05) is 6.54 Å². The van der Waals surface area contributed by atoms with Crippen molar-refractivity contribution in [2.24, 2.45) is 0 Å². The summed E-state index contributed by atoms with van der Waals surface area (Å²) in [5, 5.41) is 9.34. The summed E-state index contributed by atoms with van der Waals surface area (Å²) in [7, 11) is 0. The highest BCUT2D eigenvalue weighted by Gasteiger charge is 2.57. The lowest BCUT2D eigenvalue weighted by atomic mass is 9.88. The van der Waals surface area contributed by atoms with E-state index in [0.29, 0.717) is 12.0 Å². The van der Waals surface area contributed by atoms with Gasteiger partial charge >= 0.3 is 11.9 Å². The number of carbonyl (C=O) groups excluding carboxylic acids is 1. The van der Waals surface area contributed by atoms with Gasteiger partial charge in [-0.2, -0.15) is 0 Å². The molecule has 0 radical (unpaired) electrons. The van der Waals surface area contributed by atoms with Crippen LogP contribution >= 0.6 is 0 Å². The van der Waals surface area contributed by atoms with E-state index in [1.54, 1.807) is 6.92 Å². The number of quaternary nitrogens is 1. The number of halogens is 1. The summed E-state index contributed by atoms with van der Waals surface area (Å²) < 4.78 is 5.68.